The fourth-order valence-electron chi connectivity index (χ4n) is 2.62. The smallest absolute Gasteiger partial charge is 0.00427 e. The molecule has 0 radical (unpaired) electrons. The van der Waals surface area contributed by atoms with Gasteiger partial charge in [-0.15, -0.1) is 0 Å². The second-order valence-corrected chi connectivity index (χ2v) is 6.10. The summed E-state index contributed by atoms with van der Waals surface area (Å²) in [6, 6.07) is 0. The first-order valence-corrected chi connectivity index (χ1v) is 7.01. The monoisotopic (exact) mass is 229 g/mol. The van der Waals surface area contributed by atoms with Gasteiger partial charge in [0.05, 0.1) is 0 Å². The Labute approximate surface area is 101 Å². The zero-order valence-corrected chi connectivity index (χ0v) is 11.5. The summed E-state index contributed by atoms with van der Waals surface area (Å²) in [5, 5.41) is 0. The van der Waals surface area contributed by atoms with Crippen molar-refractivity contribution in [3.05, 3.63) is 0 Å². The molecule has 2 heteroatoms. The van der Waals surface area contributed by atoms with E-state index < -0.39 is 0 Å². The van der Waals surface area contributed by atoms with E-state index in [4.69, 9.17) is 0 Å². The Morgan fingerprint density at radius 1 is 1.27 bits per heavy atom. The van der Waals surface area contributed by atoms with Gasteiger partial charge in [-0.2, -0.15) is 12.6 Å². The maximum Gasteiger partial charge on any atom is 0.00427 e. The minimum Gasteiger partial charge on any atom is -0.306 e. The zero-order chi connectivity index (χ0) is 11.3. The van der Waals surface area contributed by atoms with Gasteiger partial charge in [0.1, 0.15) is 0 Å². The Morgan fingerprint density at radius 3 is 2.33 bits per heavy atom. The van der Waals surface area contributed by atoms with Crippen LogP contribution >= 0.6 is 12.6 Å². The lowest BCUT2D eigenvalue weighted by Crippen LogP contribution is -2.36. The van der Waals surface area contributed by atoms with Crippen molar-refractivity contribution < 1.29 is 0 Å². The van der Waals surface area contributed by atoms with Gasteiger partial charge in [-0.3, -0.25) is 0 Å². The Balaban J connectivity index is 2.31. The fraction of sp³-hybridized carbons (Fsp3) is 1.00. The summed E-state index contributed by atoms with van der Waals surface area (Å²) in [5.41, 5.74) is 0.537. The molecule has 0 aromatic rings. The topological polar surface area (TPSA) is 3.24 Å². The van der Waals surface area contributed by atoms with Gasteiger partial charge < -0.3 is 4.90 Å². The maximum absolute atomic E-state index is 4.56. The summed E-state index contributed by atoms with van der Waals surface area (Å²) in [6.07, 6.45) is 6.93. The predicted molar refractivity (Wildman–Crippen MR) is 71.7 cm³/mol. The number of rotatable bonds is 6. The third-order valence-electron chi connectivity index (χ3n) is 3.69. The Morgan fingerprint density at radius 2 is 1.87 bits per heavy atom. The van der Waals surface area contributed by atoms with Crippen molar-refractivity contribution in [3.63, 3.8) is 0 Å². The van der Waals surface area contributed by atoms with Gasteiger partial charge in [0.25, 0.3) is 0 Å². The van der Waals surface area contributed by atoms with Gasteiger partial charge in [0, 0.05) is 6.54 Å². The first kappa shape index (κ1) is 13.4. The lowest BCUT2D eigenvalue weighted by Gasteiger charge is -2.32. The molecule has 0 amide bonds. The largest absolute Gasteiger partial charge is 0.306 e. The maximum atomic E-state index is 4.56. The van der Waals surface area contributed by atoms with Gasteiger partial charge in [-0.25, -0.2) is 0 Å². The molecule has 1 saturated carbocycles. The standard InChI is InChI=1S/C13H27NS/c1-12(2)6-9-14(3)10-13(11-15)7-4-5-8-13/h12,15H,4-11H2,1-3H3. The van der Waals surface area contributed by atoms with E-state index in [9.17, 15) is 0 Å². The van der Waals surface area contributed by atoms with Crippen molar-refractivity contribution in [2.75, 3.05) is 25.9 Å². The summed E-state index contributed by atoms with van der Waals surface area (Å²) in [4.78, 5) is 2.52. The average Bonchev–Trinajstić information content (AvgIpc) is 2.64. The molecule has 15 heavy (non-hydrogen) atoms. The molecule has 0 spiro atoms. The summed E-state index contributed by atoms with van der Waals surface area (Å²) < 4.78 is 0. The highest BCUT2D eigenvalue weighted by Crippen LogP contribution is 2.39. The molecular weight excluding hydrogens is 202 g/mol. The third kappa shape index (κ3) is 4.36. The average molecular weight is 229 g/mol. The van der Waals surface area contributed by atoms with Crippen LogP contribution in [-0.2, 0) is 0 Å². The zero-order valence-electron chi connectivity index (χ0n) is 10.6. The van der Waals surface area contributed by atoms with Crippen molar-refractivity contribution in [1.29, 1.82) is 0 Å². The van der Waals surface area contributed by atoms with Crippen molar-refractivity contribution in [3.8, 4) is 0 Å². The minimum atomic E-state index is 0.537. The normalized spacial score (nSPS) is 20.4. The van der Waals surface area contributed by atoms with Gasteiger partial charge in [-0.05, 0) is 49.9 Å². The molecule has 0 bridgehead atoms. The van der Waals surface area contributed by atoms with Crippen molar-refractivity contribution in [2.45, 2.75) is 46.0 Å². The highest BCUT2D eigenvalue weighted by molar-refractivity contribution is 7.80. The molecule has 0 unspecified atom stereocenters. The van der Waals surface area contributed by atoms with Crippen LogP contribution in [0, 0.1) is 11.3 Å². The molecule has 1 rings (SSSR count). The van der Waals surface area contributed by atoms with Crippen molar-refractivity contribution in [1.82, 2.24) is 4.90 Å². The van der Waals surface area contributed by atoms with Crippen LogP contribution in [0.3, 0.4) is 0 Å². The molecule has 0 aliphatic heterocycles. The van der Waals surface area contributed by atoms with Crippen LogP contribution in [0.1, 0.15) is 46.0 Å². The van der Waals surface area contributed by atoms with Gasteiger partial charge in [0.15, 0.2) is 0 Å². The van der Waals surface area contributed by atoms with Crippen molar-refractivity contribution in [2.24, 2.45) is 11.3 Å². The van der Waals surface area contributed by atoms with E-state index in [1.807, 2.05) is 0 Å². The van der Waals surface area contributed by atoms with E-state index in [1.54, 1.807) is 0 Å². The lowest BCUT2D eigenvalue weighted by atomic mass is 9.88. The second kappa shape index (κ2) is 6.15. The van der Waals surface area contributed by atoms with Crippen LogP contribution < -0.4 is 0 Å². The van der Waals surface area contributed by atoms with Crippen LogP contribution in [0.25, 0.3) is 0 Å². The van der Waals surface area contributed by atoms with Crippen LogP contribution in [0.5, 0.6) is 0 Å². The summed E-state index contributed by atoms with van der Waals surface area (Å²) in [7, 11) is 2.27. The van der Waals surface area contributed by atoms with Gasteiger partial charge >= 0.3 is 0 Å². The molecular formula is C13H27NS. The molecule has 90 valence electrons. The first-order valence-electron chi connectivity index (χ1n) is 6.37. The van der Waals surface area contributed by atoms with E-state index in [-0.39, 0.29) is 0 Å². The van der Waals surface area contributed by atoms with Gasteiger partial charge in [-0.1, -0.05) is 26.7 Å². The van der Waals surface area contributed by atoms with E-state index in [2.05, 4.69) is 38.4 Å². The molecule has 0 saturated heterocycles. The highest BCUT2D eigenvalue weighted by atomic mass is 32.1. The van der Waals surface area contributed by atoms with Crippen LogP contribution in [0.15, 0.2) is 0 Å². The number of hydrogen-bond acceptors (Lipinski definition) is 2. The molecule has 0 aromatic heterocycles. The number of nitrogens with zero attached hydrogens (tertiary/aromatic N) is 1. The first-order chi connectivity index (χ1) is 7.08. The van der Waals surface area contributed by atoms with Crippen molar-refractivity contribution >= 4 is 12.6 Å². The van der Waals surface area contributed by atoms with E-state index in [1.165, 1.54) is 45.2 Å². The highest BCUT2D eigenvalue weighted by Gasteiger charge is 2.33. The predicted octanol–water partition coefficient (Wildman–Crippen LogP) is 3.45. The Hall–Kier alpha value is 0.310. The van der Waals surface area contributed by atoms with Crippen LogP contribution in [-0.4, -0.2) is 30.8 Å². The second-order valence-electron chi connectivity index (χ2n) is 5.79. The third-order valence-corrected chi connectivity index (χ3v) is 4.36. The molecule has 1 fully saturated rings. The van der Waals surface area contributed by atoms with E-state index in [0.717, 1.165) is 11.7 Å². The van der Waals surface area contributed by atoms with E-state index >= 15 is 0 Å². The molecule has 0 N–H and O–H groups in total. The number of thiol groups is 1. The fourth-order valence-corrected chi connectivity index (χ4v) is 3.04. The molecule has 1 nitrogen and oxygen atoms in total. The van der Waals surface area contributed by atoms with Crippen LogP contribution in [0.2, 0.25) is 0 Å². The van der Waals surface area contributed by atoms with E-state index in [0.29, 0.717) is 5.41 Å². The molecule has 1 aliphatic carbocycles. The summed E-state index contributed by atoms with van der Waals surface area (Å²) in [5.74, 6) is 1.89. The summed E-state index contributed by atoms with van der Waals surface area (Å²) in [6.45, 7) is 7.10. The molecule has 0 atom stereocenters. The summed E-state index contributed by atoms with van der Waals surface area (Å²) >= 11 is 4.56. The lowest BCUT2D eigenvalue weighted by molar-refractivity contribution is 0.194. The van der Waals surface area contributed by atoms with Gasteiger partial charge in [0.2, 0.25) is 0 Å². The molecule has 1 aliphatic rings. The number of hydrogen-bond donors (Lipinski definition) is 1. The Kier molecular flexibility index (Phi) is 5.48. The minimum absolute atomic E-state index is 0.537. The molecule has 0 heterocycles. The molecule has 0 aromatic carbocycles. The quantitative estimate of drug-likeness (QED) is 0.683. The Bertz CT molecular complexity index is 173. The van der Waals surface area contributed by atoms with Crippen LogP contribution in [0.4, 0.5) is 0 Å². The SMILES string of the molecule is CC(C)CCN(C)CC1(CS)CCCC1.